The Kier molecular flexibility index (Phi) is 4.54. The molecule has 8 heteroatoms. The molecule has 0 radical (unpaired) electrons. The summed E-state index contributed by atoms with van der Waals surface area (Å²) >= 11 is 5.11. The van der Waals surface area contributed by atoms with Gasteiger partial charge in [0.15, 0.2) is 0 Å². The number of hydrogen-bond donors (Lipinski definition) is 1. The van der Waals surface area contributed by atoms with E-state index < -0.39 is 0 Å². The molecule has 19 heavy (non-hydrogen) atoms. The molecule has 0 unspecified atom stereocenters. The Morgan fingerprint density at radius 1 is 1.42 bits per heavy atom. The monoisotopic (exact) mass is 343 g/mol. The van der Waals surface area contributed by atoms with Gasteiger partial charge < -0.3 is 15.0 Å². The Bertz CT molecular complexity index is 540. The summed E-state index contributed by atoms with van der Waals surface area (Å²) in [5.74, 6) is 1.05. The molecule has 0 saturated carbocycles. The molecule has 6 nitrogen and oxygen atoms in total. The van der Waals surface area contributed by atoms with E-state index in [-0.39, 0.29) is 0 Å². The molecule has 1 N–H and O–H groups in total. The van der Waals surface area contributed by atoms with Crippen molar-refractivity contribution in [2.24, 2.45) is 0 Å². The lowest BCUT2D eigenvalue weighted by Gasteiger charge is -2.17. The zero-order valence-corrected chi connectivity index (χ0v) is 13.2. The van der Waals surface area contributed by atoms with Crippen molar-refractivity contribution in [1.29, 1.82) is 0 Å². The van der Waals surface area contributed by atoms with E-state index in [4.69, 9.17) is 4.74 Å². The largest absolute Gasteiger partial charge is 0.467 e. The molecule has 0 atom stereocenters. The van der Waals surface area contributed by atoms with Gasteiger partial charge in [0.05, 0.1) is 10.9 Å². The second-order valence-electron chi connectivity index (χ2n) is 3.81. The van der Waals surface area contributed by atoms with Crippen LogP contribution in [0.2, 0.25) is 0 Å². The average molecular weight is 344 g/mol. The number of anilines is 2. The zero-order chi connectivity index (χ0) is 13.8. The predicted octanol–water partition coefficient (Wildman–Crippen LogP) is 2.38. The summed E-state index contributed by atoms with van der Waals surface area (Å²) in [4.78, 5) is 14.6. The molecule has 0 spiro atoms. The first-order valence-corrected chi connectivity index (χ1v) is 7.21. The number of thiophene rings is 1. The molecule has 2 rings (SSSR count). The Labute approximate surface area is 124 Å². The fourth-order valence-corrected chi connectivity index (χ4v) is 2.69. The third kappa shape index (κ3) is 3.54. The summed E-state index contributed by atoms with van der Waals surface area (Å²) in [5.41, 5.74) is 1.20. The molecular weight excluding hydrogens is 330 g/mol. The van der Waals surface area contributed by atoms with Gasteiger partial charge in [-0.3, -0.25) is 0 Å². The number of hydrogen-bond acceptors (Lipinski definition) is 7. The van der Waals surface area contributed by atoms with Gasteiger partial charge in [0, 0.05) is 20.6 Å². The van der Waals surface area contributed by atoms with Gasteiger partial charge in [0.1, 0.15) is 0 Å². The number of nitrogens with zero attached hydrogens (tertiary/aromatic N) is 4. The highest BCUT2D eigenvalue weighted by Gasteiger charge is 2.11. The Balaban J connectivity index is 2.20. The first-order chi connectivity index (χ1) is 9.12. The number of halogens is 1. The first-order valence-electron chi connectivity index (χ1n) is 5.54. The smallest absolute Gasteiger partial charge is 0.322 e. The maximum absolute atomic E-state index is 5.07. The molecule has 2 aromatic rings. The van der Waals surface area contributed by atoms with Crippen molar-refractivity contribution in [2.45, 2.75) is 6.54 Å². The average Bonchev–Trinajstić information content (AvgIpc) is 2.83. The van der Waals surface area contributed by atoms with Crippen LogP contribution in [0.3, 0.4) is 0 Å². The molecule has 0 aliphatic rings. The molecular formula is C11H14BrN5OS. The van der Waals surface area contributed by atoms with E-state index in [0.717, 1.165) is 10.3 Å². The van der Waals surface area contributed by atoms with Gasteiger partial charge in [-0.25, -0.2) is 0 Å². The second kappa shape index (κ2) is 6.16. The molecule has 102 valence electrons. The van der Waals surface area contributed by atoms with E-state index in [2.05, 4.69) is 47.6 Å². The molecule has 0 aromatic carbocycles. The van der Waals surface area contributed by atoms with Gasteiger partial charge in [-0.05, 0) is 32.9 Å². The van der Waals surface area contributed by atoms with Crippen molar-refractivity contribution < 1.29 is 4.74 Å². The van der Waals surface area contributed by atoms with Crippen LogP contribution in [0.15, 0.2) is 15.2 Å². The lowest BCUT2D eigenvalue weighted by Crippen LogP contribution is -2.20. The Hall–Kier alpha value is -1.41. The van der Waals surface area contributed by atoms with Crippen LogP contribution in [0.25, 0.3) is 0 Å². The van der Waals surface area contributed by atoms with Gasteiger partial charge in [-0.2, -0.15) is 15.0 Å². The van der Waals surface area contributed by atoms with Gasteiger partial charge >= 0.3 is 6.01 Å². The SMILES string of the molecule is CNc1nc(OC)nc(N(C)Cc2csc(Br)c2)n1. The van der Waals surface area contributed by atoms with Gasteiger partial charge in [0.25, 0.3) is 0 Å². The Morgan fingerprint density at radius 3 is 2.79 bits per heavy atom. The zero-order valence-electron chi connectivity index (χ0n) is 10.8. The maximum atomic E-state index is 5.07. The lowest BCUT2D eigenvalue weighted by molar-refractivity contribution is 0.379. The van der Waals surface area contributed by atoms with Crippen LogP contribution in [0, 0.1) is 0 Å². The van der Waals surface area contributed by atoms with Crippen molar-refractivity contribution in [3.8, 4) is 6.01 Å². The van der Waals surface area contributed by atoms with Crippen LogP contribution in [0.5, 0.6) is 6.01 Å². The van der Waals surface area contributed by atoms with Gasteiger partial charge in [0.2, 0.25) is 11.9 Å². The second-order valence-corrected chi connectivity index (χ2v) is 6.10. The summed E-state index contributed by atoms with van der Waals surface area (Å²) in [6, 6.07) is 2.38. The molecule has 0 saturated heterocycles. The topological polar surface area (TPSA) is 63.2 Å². The highest BCUT2D eigenvalue weighted by Crippen LogP contribution is 2.23. The first kappa shape index (κ1) is 14.0. The van der Waals surface area contributed by atoms with Gasteiger partial charge in [-0.15, -0.1) is 11.3 Å². The van der Waals surface area contributed by atoms with Crippen LogP contribution in [-0.2, 0) is 6.54 Å². The van der Waals surface area contributed by atoms with E-state index in [1.807, 2.05) is 11.9 Å². The fourth-order valence-electron chi connectivity index (χ4n) is 1.49. The highest BCUT2D eigenvalue weighted by molar-refractivity contribution is 9.11. The summed E-state index contributed by atoms with van der Waals surface area (Å²) in [7, 11) is 5.23. The number of aromatic nitrogens is 3. The molecule has 0 bridgehead atoms. The third-order valence-corrected chi connectivity index (χ3v) is 3.95. The minimum atomic E-state index is 0.299. The summed E-state index contributed by atoms with van der Waals surface area (Å²) in [6.45, 7) is 0.721. The van der Waals surface area contributed by atoms with Crippen molar-refractivity contribution in [3.05, 3.63) is 20.8 Å². The molecule has 0 amide bonds. The molecule has 2 aromatic heterocycles. The number of rotatable bonds is 5. The number of methoxy groups -OCH3 is 1. The van der Waals surface area contributed by atoms with Crippen molar-refractivity contribution >= 4 is 39.2 Å². The van der Waals surface area contributed by atoms with E-state index in [1.54, 1.807) is 18.4 Å². The summed E-state index contributed by atoms with van der Waals surface area (Å²) in [6.07, 6.45) is 0. The summed E-state index contributed by atoms with van der Waals surface area (Å²) < 4.78 is 6.18. The third-order valence-electron chi connectivity index (χ3n) is 2.39. The van der Waals surface area contributed by atoms with E-state index in [0.29, 0.717) is 17.9 Å². The van der Waals surface area contributed by atoms with Gasteiger partial charge in [-0.1, -0.05) is 0 Å². The minimum absolute atomic E-state index is 0.299. The quantitative estimate of drug-likeness (QED) is 0.899. The fraction of sp³-hybridized carbons (Fsp3) is 0.364. The standard InChI is InChI=1S/C11H14BrN5OS/c1-13-9-14-10(16-11(15-9)18-3)17(2)5-7-4-8(12)19-6-7/h4,6H,5H2,1-3H3,(H,13,14,15,16). The highest BCUT2D eigenvalue weighted by atomic mass is 79.9. The van der Waals surface area contributed by atoms with Crippen LogP contribution in [0.4, 0.5) is 11.9 Å². The van der Waals surface area contributed by atoms with E-state index >= 15 is 0 Å². The van der Waals surface area contributed by atoms with Crippen LogP contribution in [0.1, 0.15) is 5.56 Å². The lowest BCUT2D eigenvalue weighted by atomic mass is 10.3. The number of ether oxygens (including phenoxy) is 1. The summed E-state index contributed by atoms with van der Waals surface area (Å²) in [5, 5.41) is 4.99. The van der Waals surface area contributed by atoms with Crippen LogP contribution < -0.4 is 15.0 Å². The number of nitrogens with one attached hydrogen (secondary N) is 1. The Morgan fingerprint density at radius 2 is 2.21 bits per heavy atom. The molecule has 0 aliphatic heterocycles. The molecule has 2 heterocycles. The van der Waals surface area contributed by atoms with Crippen molar-refractivity contribution in [3.63, 3.8) is 0 Å². The van der Waals surface area contributed by atoms with E-state index in [9.17, 15) is 0 Å². The van der Waals surface area contributed by atoms with E-state index in [1.165, 1.54) is 12.7 Å². The minimum Gasteiger partial charge on any atom is -0.467 e. The molecule has 0 aliphatic carbocycles. The molecule has 0 fully saturated rings. The van der Waals surface area contributed by atoms with Crippen molar-refractivity contribution in [2.75, 3.05) is 31.4 Å². The van der Waals surface area contributed by atoms with Crippen LogP contribution in [-0.4, -0.2) is 36.2 Å². The van der Waals surface area contributed by atoms with Crippen molar-refractivity contribution in [1.82, 2.24) is 15.0 Å². The maximum Gasteiger partial charge on any atom is 0.322 e. The van der Waals surface area contributed by atoms with Crippen LogP contribution >= 0.6 is 27.3 Å². The predicted molar refractivity (Wildman–Crippen MR) is 80.1 cm³/mol. The normalized spacial score (nSPS) is 10.3.